The van der Waals surface area contributed by atoms with E-state index in [0.717, 1.165) is 25.3 Å². The van der Waals surface area contributed by atoms with Crippen molar-refractivity contribution < 1.29 is 9.84 Å². The molecule has 20 heavy (non-hydrogen) atoms. The average molecular weight is 275 g/mol. The second-order valence-electron chi connectivity index (χ2n) is 6.12. The van der Waals surface area contributed by atoms with Crippen LogP contribution in [0.4, 0.5) is 0 Å². The van der Waals surface area contributed by atoms with Gasteiger partial charge in [0.1, 0.15) is 5.75 Å². The number of aliphatic hydroxyl groups excluding tert-OH is 1. The molecular formula is C17H25NO2. The minimum Gasteiger partial charge on any atom is -0.490 e. The molecule has 2 aliphatic rings. The van der Waals surface area contributed by atoms with Crippen LogP contribution in [-0.2, 0) is 6.54 Å². The Labute approximate surface area is 121 Å². The molecular weight excluding hydrogens is 250 g/mol. The maximum atomic E-state index is 9.39. The molecule has 0 amide bonds. The van der Waals surface area contributed by atoms with Crippen molar-refractivity contribution in [2.45, 2.75) is 57.2 Å². The molecule has 1 N–H and O–H groups in total. The molecule has 1 saturated heterocycles. The molecule has 3 rings (SSSR count). The van der Waals surface area contributed by atoms with E-state index in [-0.39, 0.29) is 6.61 Å². The van der Waals surface area contributed by atoms with Crippen LogP contribution in [0.2, 0.25) is 0 Å². The van der Waals surface area contributed by atoms with Crippen LogP contribution in [0.3, 0.4) is 0 Å². The number of benzene rings is 1. The summed E-state index contributed by atoms with van der Waals surface area (Å²) >= 11 is 0. The Balaban J connectivity index is 1.61. The molecule has 0 spiro atoms. The van der Waals surface area contributed by atoms with Crippen LogP contribution in [-0.4, -0.2) is 35.3 Å². The van der Waals surface area contributed by atoms with Gasteiger partial charge in [-0.2, -0.15) is 0 Å². The summed E-state index contributed by atoms with van der Waals surface area (Å²) in [5.74, 6) is 1.01. The lowest BCUT2D eigenvalue weighted by Crippen LogP contribution is -2.31. The largest absolute Gasteiger partial charge is 0.490 e. The lowest BCUT2D eigenvalue weighted by Gasteiger charge is -2.23. The van der Waals surface area contributed by atoms with E-state index in [9.17, 15) is 5.11 Å². The summed E-state index contributed by atoms with van der Waals surface area (Å²) in [5, 5.41) is 9.39. The highest BCUT2D eigenvalue weighted by Gasteiger charge is 2.23. The number of hydrogen-bond donors (Lipinski definition) is 1. The smallest absolute Gasteiger partial charge is 0.120 e. The van der Waals surface area contributed by atoms with E-state index in [1.54, 1.807) is 0 Å². The van der Waals surface area contributed by atoms with E-state index in [1.807, 2.05) is 0 Å². The summed E-state index contributed by atoms with van der Waals surface area (Å²) in [7, 11) is 0. The van der Waals surface area contributed by atoms with Gasteiger partial charge in [-0.1, -0.05) is 12.1 Å². The lowest BCUT2D eigenvalue weighted by molar-refractivity contribution is 0.153. The standard InChI is InChI=1S/C17H25NO2/c19-13-15-6-4-10-18(15)12-14-5-3-9-17(11-14)20-16-7-1-2-8-16/h3,5,9,11,15-16,19H,1-2,4,6-8,10,12-13H2/t15-/m1/s1. The zero-order valence-corrected chi connectivity index (χ0v) is 12.1. The minimum atomic E-state index is 0.276. The fourth-order valence-corrected chi connectivity index (χ4v) is 3.46. The van der Waals surface area contributed by atoms with Crippen molar-refractivity contribution in [1.29, 1.82) is 0 Å². The third-order valence-corrected chi connectivity index (χ3v) is 4.60. The van der Waals surface area contributed by atoms with Gasteiger partial charge < -0.3 is 9.84 Å². The van der Waals surface area contributed by atoms with E-state index in [4.69, 9.17) is 4.74 Å². The first-order valence-corrected chi connectivity index (χ1v) is 7.95. The summed E-state index contributed by atoms with van der Waals surface area (Å²) < 4.78 is 6.07. The maximum absolute atomic E-state index is 9.39. The average Bonchev–Trinajstić information content (AvgIpc) is 3.10. The number of likely N-dealkylation sites (tertiary alicyclic amines) is 1. The zero-order valence-electron chi connectivity index (χ0n) is 12.1. The van der Waals surface area contributed by atoms with Crippen LogP contribution < -0.4 is 4.74 Å². The predicted molar refractivity (Wildman–Crippen MR) is 79.8 cm³/mol. The molecule has 3 nitrogen and oxygen atoms in total. The molecule has 0 radical (unpaired) electrons. The number of aliphatic hydroxyl groups is 1. The van der Waals surface area contributed by atoms with Gasteiger partial charge in [-0.15, -0.1) is 0 Å². The maximum Gasteiger partial charge on any atom is 0.120 e. The molecule has 1 aromatic carbocycles. The van der Waals surface area contributed by atoms with Crippen LogP contribution >= 0.6 is 0 Å². The lowest BCUT2D eigenvalue weighted by atomic mass is 10.1. The number of nitrogens with zero attached hydrogens (tertiary/aromatic N) is 1. The van der Waals surface area contributed by atoms with Crippen molar-refractivity contribution in [2.75, 3.05) is 13.2 Å². The van der Waals surface area contributed by atoms with Gasteiger partial charge in [0.2, 0.25) is 0 Å². The summed E-state index contributed by atoms with van der Waals surface area (Å²) in [6.07, 6.45) is 7.73. The van der Waals surface area contributed by atoms with Crippen molar-refractivity contribution in [1.82, 2.24) is 4.90 Å². The Morgan fingerprint density at radius 1 is 1.15 bits per heavy atom. The molecule has 1 aliphatic carbocycles. The number of ether oxygens (including phenoxy) is 1. The summed E-state index contributed by atoms with van der Waals surface area (Å²) in [6.45, 7) is 2.30. The topological polar surface area (TPSA) is 32.7 Å². The van der Waals surface area contributed by atoms with Crippen LogP contribution in [0.1, 0.15) is 44.1 Å². The van der Waals surface area contributed by atoms with Crippen molar-refractivity contribution in [3.8, 4) is 5.75 Å². The van der Waals surface area contributed by atoms with E-state index in [2.05, 4.69) is 29.2 Å². The van der Waals surface area contributed by atoms with Gasteiger partial charge in [-0.25, -0.2) is 0 Å². The van der Waals surface area contributed by atoms with Crippen molar-refractivity contribution in [3.05, 3.63) is 29.8 Å². The number of hydrogen-bond acceptors (Lipinski definition) is 3. The molecule has 110 valence electrons. The van der Waals surface area contributed by atoms with Gasteiger partial charge in [0, 0.05) is 12.6 Å². The zero-order chi connectivity index (χ0) is 13.8. The van der Waals surface area contributed by atoms with Crippen LogP contribution in [0, 0.1) is 0 Å². The quantitative estimate of drug-likeness (QED) is 0.896. The molecule has 1 heterocycles. The van der Waals surface area contributed by atoms with E-state index in [0.29, 0.717) is 12.1 Å². The van der Waals surface area contributed by atoms with E-state index < -0.39 is 0 Å². The fourth-order valence-electron chi connectivity index (χ4n) is 3.46. The Kier molecular flexibility index (Phi) is 4.58. The SMILES string of the molecule is OC[C@H]1CCCN1Cc1cccc(OC2CCCC2)c1. The summed E-state index contributed by atoms with van der Waals surface area (Å²) in [5.41, 5.74) is 1.29. The number of rotatable bonds is 5. The Bertz CT molecular complexity index is 429. The molecule has 0 bridgehead atoms. The van der Waals surface area contributed by atoms with Gasteiger partial charge in [0.25, 0.3) is 0 Å². The first-order valence-electron chi connectivity index (χ1n) is 7.95. The first-order chi connectivity index (χ1) is 9.85. The van der Waals surface area contributed by atoms with E-state index in [1.165, 1.54) is 37.7 Å². The highest BCUT2D eigenvalue weighted by Crippen LogP contribution is 2.26. The Morgan fingerprint density at radius 3 is 2.80 bits per heavy atom. The third-order valence-electron chi connectivity index (χ3n) is 4.60. The molecule has 1 aliphatic heterocycles. The highest BCUT2D eigenvalue weighted by molar-refractivity contribution is 5.29. The molecule has 3 heteroatoms. The normalized spacial score (nSPS) is 24.4. The molecule has 2 fully saturated rings. The van der Waals surface area contributed by atoms with Gasteiger partial charge in [-0.05, 0) is 62.8 Å². The molecule has 0 aromatic heterocycles. The predicted octanol–water partition coefficient (Wildman–Crippen LogP) is 2.96. The first kappa shape index (κ1) is 13.9. The second kappa shape index (κ2) is 6.59. The van der Waals surface area contributed by atoms with Crippen LogP contribution in [0.25, 0.3) is 0 Å². The van der Waals surface area contributed by atoms with Crippen LogP contribution in [0.5, 0.6) is 5.75 Å². The minimum absolute atomic E-state index is 0.276. The monoisotopic (exact) mass is 275 g/mol. The highest BCUT2D eigenvalue weighted by atomic mass is 16.5. The molecule has 1 atom stereocenters. The van der Waals surface area contributed by atoms with Gasteiger partial charge in [-0.3, -0.25) is 4.90 Å². The van der Waals surface area contributed by atoms with Crippen molar-refractivity contribution in [3.63, 3.8) is 0 Å². The molecule has 1 saturated carbocycles. The third kappa shape index (κ3) is 3.33. The van der Waals surface area contributed by atoms with Gasteiger partial charge >= 0.3 is 0 Å². The summed E-state index contributed by atoms with van der Waals surface area (Å²) in [4.78, 5) is 2.38. The molecule has 0 unspecified atom stereocenters. The van der Waals surface area contributed by atoms with E-state index >= 15 is 0 Å². The van der Waals surface area contributed by atoms with Crippen LogP contribution in [0.15, 0.2) is 24.3 Å². The molecule has 1 aromatic rings. The van der Waals surface area contributed by atoms with Gasteiger partial charge in [0.15, 0.2) is 0 Å². The van der Waals surface area contributed by atoms with Crippen molar-refractivity contribution in [2.24, 2.45) is 0 Å². The van der Waals surface area contributed by atoms with Crippen molar-refractivity contribution >= 4 is 0 Å². The fraction of sp³-hybridized carbons (Fsp3) is 0.647. The Morgan fingerprint density at radius 2 is 2.00 bits per heavy atom. The summed E-state index contributed by atoms with van der Waals surface area (Å²) in [6, 6.07) is 8.83. The second-order valence-corrected chi connectivity index (χ2v) is 6.12. The Hall–Kier alpha value is -1.06. The van der Waals surface area contributed by atoms with Gasteiger partial charge in [0.05, 0.1) is 12.7 Å².